The number of nitrogens with one attached hydrogen (secondary N) is 5. The molecular weight excluding hydrogens is 602 g/mol. The second-order valence-electron chi connectivity index (χ2n) is 12.4. The molecule has 5 N–H and O–H groups in total. The van der Waals surface area contributed by atoms with Gasteiger partial charge in [0.2, 0.25) is 17.7 Å². The molecule has 2 aliphatic rings. The van der Waals surface area contributed by atoms with Gasteiger partial charge in [-0.05, 0) is 104 Å². The van der Waals surface area contributed by atoms with E-state index >= 15 is 0 Å². The fourth-order valence-corrected chi connectivity index (χ4v) is 6.82. The van der Waals surface area contributed by atoms with Crippen molar-refractivity contribution in [1.82, 2.24) is 20.9 Å². The number of ether oxygens (including phenoxy) is 1. The van der Waals surface area contributed by atoms with E-state index in [1.807, 2.05) is 50.4 Å². The van der Waals surface area contributed by atoms with Crippen molar-refractivity contribution in [3.05, 3.63) is 112 Å². The van der Waals surface area contributed by atoms with Gasteiger partial charge in [0.05, 0.1) is 18.0 Å². The molecule has 2 atom stereocenters. The Balaban J connectivity index is 1.59. The lowest BCUT2D eigenvalue weighted by Crippen LogP contribution is -2.45. The van der Waals surface area contributed by atoms with Crippen LogP contribution in [0.25, 0.3) is 5.70 Å². The van der Waals surface area contributed by atoms with Crippen LogP contribution in [0.3, 0.4) is 0 Å². The van der Waals surface area contributed by atoms with Gasteiger partial charge in [0.25, 0.3) is 5.91 Å². The Kier molecular flexibility index (Phi) is 10.4. The summed E-state index contributed by atoms with van der Waals surface area (Å²) in [4.78, 5) is 27.4. The Morgan fingerprint density at radius 2 is 1.60 bits per heavy atom. The number of carbonyl (C=O) groups is 2. The second kappa shape index (κ2) is 14.7. The topological polar surface area (TPSA) is 154 Å². The smallest absolute Gasteiger partial charge is 0.251 e. The summed E-state index contributed by atoms with van der Waals surface area (Å²) in [6, 6.07) is 20.8. The average Bonchev–Trinajstić information content (AvgIpc) is 3.54. The van der Waals surface area contributed by atoms with Crippen molar-refractivity contribution in [3.63, 3.8) is 0 Å². The zero-order chi connectivity index (χ0) is 34.4. The summed E-state index contributed by atoms with van der Waals surface area (Å²) in [5, 5.41) is 37.1. The molecule has 0 spiro atoms. The minimum absolute atomic E-state index is 0.0535. The van der Waals surface area contributed by atoms with Gasteiger partial charge in [0, 0.05) is 37.5 Å². The Bertz CT molecular complexity index is 1720. The fourth-order valence-electron chi connectivity index (χ4n) is 6.82. The van der Waals surface area contributed by atoms with Gasteiger partial charge in [-0.2, -0.15) is 5.26 Å². The van der Waals surface area contributed by atoms with Gasteiger partial charge in [-0.25, -0.2) is 0 Å². The first kappa shape index (κ1) is 34.1. The van der Waals surface area contributed by atoms with Crippen LogP contribution < -0.4 is 16.0 Å². The summed E-state index contributed by atoms with van der Waals surface area (Å²) in [6.07, 6.45) is 3.07. The summed E-state index contributed by atoms with van der Waals surface area (Å²) in [5.74, 6) is -0.605. The number of benzene rings is 3. The van der Waals surface area contributed by atoms with E-state index in [0.29, 0.717) is 49.9 Å². The first-order valence-electron chi connectivity index (χ1n) is 16.3. The lowest BCUT2D eigenvalue weighted by molar-refractivity contribution is -0.130. The molecule has 3 aromatic rings. The van der Waals surface area contributed by atoms with Crippen molar-refractivity contribution in [3.8, 4) is 6.07 Å². The van der Waals surface area contributed by atoms with E-state index in [1.165, 1.54) is 0 Å². The van der Waals surface area contributed by atoms with E-state index in [1.54, 1.807) is 30.1 Å². The maximum absolute atomic E-state index is 13.1. The van der Waals surface area contributed by atoms with E-state index in [-0.39, 0.29) is 30.2 Å². The van der Waals surface area contributed by atoms with Crippen LogP contribution in [-0.4, -0.2) is 68.3 Å². The van der Waals surface area contributed by atoms with Crippen LogP contribution in [0.15, 0.2) is 67.2 Å². The van der Waals surface area contributed by atoms with E-state index in [0.717, 1.165) is 45.5 Å². The standard InChI is InChI=1S/C38H43N7O3/c1-24-7-9-26(10-8-24)35(40)48-37(41)38(17-18-44-23-34(46)45-19-5-6-31(45)22-39)32-15-13-27(25(2)42-3)20-28(32)11-12-29-21-30(36(47)43-4)14-16-33(29)38/h7-10,13-16,20-21,31,40-42,44H,2,5-6,11-12,17-19,23H2,1,3-4H3,(H,43,47). The van der Waals surface area contributed by atoms with Gasteiger partial charge in [-0.1, -0.05) is 42.5 Å². The van der Waals surface area contributed by atoms with Gasteiger partial charge >= 0.3 is 0 Å². The fraction of sp³-hybridized carbons (Fsp3) is 0.342. The van der Waals surface area contributed by atoms with Gasteiger partial charge in [-0.3, -0.25) is 20.4 Å². The molecular formula is C38H43N7O3. The Labute approximate surface area is 282 Å². The van der Waals surface area contributed by atoms with E-state index in [4.69, 9.17) is 10.1 Å². The third-order valence-electron chi connectivity index (χ3n) is 9.51. The molecule has 2 amide bonds. The number of aryl methyl sites for hydroxylation is 3. The van der Waals surface area contributed by atoms with Crippen LogP contribution in [0.4, 0.5) is 0 Å². The van der Waals surface area contributed by atoms with E-state index in [2.05, 4.69) is 34.7 Å². The van der Waals surface area contributed by atoms with Crippen LogP contribution in [0.5, 0.6) is 0 Å². The highest BCUT2D eigenvalue weighted by atomic mass is 16.5. The number of rotatable bonds is 10. The predicted octanol–water partition coefficient (Wildman–Crippen LogP) is 4.44. The quantitative estimate of drug-likeness (QED) is 0.125. The van der Waals surface area contributed by atoms with Crippen molar-refractivity contribution in [1.29, 1.82) is 16.1 Å². The largest absolute Gasteiger partial charge is 0.424 e. The second-order valence-corrected chi connectivity index (χ2v) is 12.4. The van der Waals surface area contributed by atoms with Gasteiger partial charge in [-0.15, -0.1) is 0 Å². The van der Waals surface area contributed by atoms with Crippen LogP contribution in [-0.2, 0) is 27.8 Å². The van der Waals surface area contributed by atoms with Crippen molar-refractivity contribution in [2.24, 2.45) is 0 Å². The molecule has 0 aromatic heterocycles. The van der Waals surface area contributed by atoms with Gasteiger partial charge < -0.3 is 25.6 Å². The molecule has 48 heavy (non-hydrogen) atoms. The number of likely N-dealkylation sites (tertiary alicyclic amines) is 1. The Morgan fingerprint density at radius 1 is 0.979 bits per heavy atom. The molecule has 2 unspecified atom stereocenters. The first-order valence-corrected chi connectivity index (χ1v) is 16.3. The number of carbonyl (C=O) groups excluding carboxylic acids is 2. The highest BCUT2D eigenvalue weighted by Gasteiger charge is 2.45. The third-order valence-corrected chi connectivity index (χ3v) is 9.51. The summed E-state index contributed by atoms with van der Waals surface area (Å²) in [6.45, 7) is 7.07. The molecule has 248 valence electrons. The number of amides is 2. The summed E-state index contributed by atoms with van der Waals surface area (Å²) < 4.78 is 6.19. The number of nitriles is 1. The molecule has 1 fully saturated rings. The molecule has 0 saturated carbocycles. The van der Waals surface area contributed by atoms with Crippen molar-refractivity contribution in [2.45, 2.75) is 50.5 Å². The van der Waals surface area contributed by atoms with Crippen LogP contribution in [0, 0.1) is 29.1 Å². The van der Waals surface area contributed by atoms with Crippen molar-refractivity contribution < 1.29 is 14.3 Å². The molecule has 1 aliphatic carbocycles. The Hall–Kier alpha value is -5.27. The maximum Gasteiger partial charge on any atom is 0.251 e. The molecule has 5 rings (SSSR count). The SMILES string of the molecule is C=C(NC)c1ccc2c(c1)CCc1cc(C(=O)NC)ccc1C2(CCNCC(=O)N1CCCC1C#N)C(=N)OC(=N)c1ccc(C)cc1. The van der Waals surface area contributed by atoms with Crippen LogP contribution in [0.2, 0.25) is 0 Å². The zero-order valence-corrected chi connectivity index (χ0v) is 27.8. The Morgan fingerprint density at radius 3 is 2.23 bits per heavy atom. The zero-order valence-electron chi connectivity index (χ0n) is 27.8. The van der Waals surface area contributed by atoms with Gasteiger partial charge in [0.15, 0.2) is 0 Å². The van der Waals surface area contributed by atoms with E-state index in [9.17, 15) is 20.3 Å². The molecule has 1 saturated heterocycles. The summed E-state index contributed by atoms with van der Waals surface area (Å²) in [5.41, 5.74) is 6.20. The molecule has 0 bridgehead atoms. The first-order chi connectivity index (χ1) is 23.1. The predicted molar refractivity (Wildman–Crippen MR) is 187 cm³/mol. The number of hydrogen-bond acceptors (Lipinski definition) is 8. The molecule has 1 heterocycles. The van der Waals surface area contributed by atoms with Crippen LogP contribution >= 0.6 is 0 Å². The average molecular weight is 646 g/mol. The number of fused-ring (bicyclic) bond motifs is 2. The monoisotopic (exact) mass is 645 g/mol. The minimum Gasteiger partial charge on any atom is -0.424 e. The summed E-state index contributed by atoms with van der Waals surface area (Å²) >= 11 is 0. The normalized spacial score (nSPS) is 18.0. The van der Waals surface area contributed by atoms with Crippen LogP contribution in [0.1, 0.15) is 68.6 Å². The van der Waals surface area contributed by atoms with Crippen molar-refractivity contribution in [2.75, 3.05) is 33.7 Å². The molecule has 10 heteroatoms. The number of nitrogens with zero attached hydrogens (tertiary/aromatic N) is 2. The minimum atomic E-state index is -1.17. The highest BCUT2D eigenvalue weighted by Crippen LogP contribution is 2.44. The lowest BCUT2D eigenvalue weighted by Gasteiger charge is -2.37. The highest BCUT2D eigenvalue weighted by molar-refractivity contribution is 6.04. The van der Waals surface area contributed by atoms with E-state index < -0.39 is 11.5 Å². The third kappa shape index (κ3) is 6.73. The molecule has 0 radical (unpaired) electrons. The lowest BCUT2D eigenvalue weighted by atomic mass is 9.69. The number of hydrogen-bond donors (Lipinski definition) is 5. The van der Waals surface area contributed by atoms with Gasteiger partial charge in [0.1, 0.15) is 6.04 Å². The molecule has 10 nitrogen and oxygen atoms in total. The summed E-state index contributed by atoms with van der Waals surface area (Å²) in [7, 11) is 3.42. The molecule has 3 aromatic carbocycles. The molecule has 1 aliphatic heterocycles. The van der Waals surface area contributed by atoms with Crippen molar-refractivity contribution >= 4 is 29.3 Å². The maximum atomic E-state index is 13.1.